The maximum Gasteiger partial charge on any atom is 0.260 e. The Morgan fingerprint density at radius 3 is 2.36 bits per heavy atom. The Morgan fingerprint density at radius 2 is 1.70 bits per heavy atom. The molecule has 0 unspecified atom stereocenters. The molecule has 2 aromatic carbocycles. The van der Waals surface area contributed by atoms with E-state index in [1.54, 1.807) is 31.2 Å². The van der Waals surface area contributed by atoms with Gasteiger partial charge in [-0.2, -0.15) is 16.9 Å². The molecule has 3 aromatic rings. The average molecular weight is 487 g/mol. The van der Waals surface area contributed by atoms with Crippen LogP contribution in [0.15, 0.2) is 48.5 Å². The summed E-state index contributed by atoms with van der Waals surface area (Å²) < 4.78 is 14.7. The molecule has 1 aliphatic rings. The molecule has 0 spiro atoms. The van der Waals surface area contributed by atoms with E-state index in [0.29, 0.717) is 29.9 Å². The van der Waals surface area contributed by atoms with E-state index in [-0.39, 0.29) is 22.8 Å². The van der Waals surface area contributed by atoms with Gasteiger partial charge in [0.05, 0.1) is 24.2 Å². The Bertz CT molecular complexity index is 1140. The second-order valence-electron chi connectivity index (χ2n) is 7.86. The molecule has 1 saturated heterocycles. The molecular weight excluding hydrogens is 463 g/mol. The van der Waals surface area contributed by atoms with Crippen molar-refractivity contribution in [3.05, 3.63) is 81.9 Å². The molecule has 9 heteroatoms. The molecule has 2 amide bonds. The summed E-state index contributed by atoms with van der Waals surface area (Å²) in [4.78, 5) is 27.2. The fourth-order valence-electron chi connectivity index (χ4n) is 3.68. The van der Waals surface area contributed by atoms with E-state index in [1.165, 1.54) is 16.8 Å². The number of carbonyl (C=O) groups excluding carboxylic acids is 2. The van der Waals surface area contributed by atoms with Crippen LogP contribution in [0.2, 0.25) is 5.15 Å². The minimum atomic E-state index is -0.363. The Labute approximate surface area is 201 Å². The summed E-state index contributed by atoms with van der Waals surface area (Å²) in [5, 5.41) is 7.43. The second kappa shape index (κ2) is 10.4. The Morgan fingerprint density at radius 1 is 1.06 bits per heavy atom. The molecule has 2 heterocycles. The van der Waals surface area contributed by atoms with Crippen molar-refractivity contribution in [2.45, 2.75) is 19.9 Å². The zero-order valence-corrected chi connectivity index (χ0v) is 19.8. The maximum atomic E-state index is 13.1. The third-order valence-corrected chi connectivity index (χ3v) is 6.80. The van der Waals surface area contributed by atoms with Crippen LogP contribution in [0.4, 0.5) is 10.1 Å². The van der Waals surface area contributed by atoms with Gasteiger partial charge in [-0.05, 0) is 42.3 Å². The fraction of sp³-hybridized carbons (Fsp3) is 0.292. The van der Waals surface area contributed by atoms with Gasteiger partial charge in [0, 0.05) is 30.3 Å². The first-order chi connectivity index (χ1) is 15.9. The Balaban J connectivity index is 1.40. The van der Waals surface area contributed by atoms with E-state index < -0.39 is 0 Å². The minimum absolute atomic E-state index is 0.128. The molecule has 33 heavy (non-hydrogen) atoms. The van der Waals surface area contributed by atoms with E-state index in [9.17, 15) is 14.0 Å². The summed E-state index contributed by atoms with van der Waals surface area (Å²) in [7, 11) is 0. The number of hydrogen-bond acceptors (Lipinski definition) is 4. The highest BCUT2D eigenvalue weighted by Gasteiger charge is 2.21. The predicted molar refractivity (Wildman–Crippen MR) is 129 cm³/mol. The number of carbonyl (C=O) groups is 2. The highest BCUT2D eigenvalue weighted by atomic mass is 35.5. The first-order valence-electron chi connectivity index (χ1n) is 10.6. The van der Waals surface area contributed by atoms with Gasteiger partial charge in [-0.1, -0.05) is 35.9 Å². The molecule has 6 nitrogen and oxygen atoms in total. The van der Waals surface area contributed by atoms with Gasteiger partial charge in [0.15, 0.2) is 0 Å². The van der Waals surface area contributed by atoms with Crippen molar-refractivity contribution in [2.24, 2.45) is 0 Å². The number of anilines is 1. The molecular formula is C24H24ClFN4O2S. The number of rotatable bonds is 6. The number of nitrogens with one attached hydrogen (secondary N) is 1. The first-order valence-corrected chi connectivity index (χ1v) is 12.2. The third kappa shape index (κ3) is 5.75. The smallest absolute Gasteiger partial charge is 0.260 e. The first kappa shape index (κ1) is 23.3. The number of aromatic nitrogens is 2. The van der Waals surface area contributed by atoms with Crippen molar-refractivity contribution in [1.29, 1.82) is 0 Å². The van der Waals surface area contributed by atoms with Gasteiger partial charge in [-0.3, -0.25) is 9.59 Å². The van der Waals surface area contributed by atoms with E-state index in [4.69, 9.17) is 11.6 Å². The van der Waals surface area contributed by atoms with Crippen molar-refractivity contribution in [3.8, 4) is 0 Å². The zero-order valence-electron chi connectivity index (χ0n) is 18.2. The highest BCUT2D eigenvalue weighted by molar-refractivity contribution is 7.99. The molecule has 0 atom stereocenters. The molecule has 0 saturated carbocycles. The van der Waals surface area contributed by atoms with Crippen LogP contribution >= 0.6 is 23.4 Å². The van der Waals surface area contributed by atoms with Crippen LogP contribution in [-0.2, 0) is 17.8 Å². The lowest BCUT2D eigenvalue weighted by molar-refractivity contribution is -0.130. The molecule has 172 valence electrons. The van der Waals surface area contributed by atoms with Gasteiger partial charge in [-0.15, -0.1) is 0 Å². The van der Waals surface area contributed by atoms with Crippen LogP contribution in [0.3, 0.4) is 0 Å². The van der Waals surface area contributed by atoms with Crippen LogP contribution in [-0.4, -0.2) is 51.1 Å². The van der Waals surface area contributed by atoms with Gasteiger partial charge in [0.1, 0.15) is 11.0 Å². The van der Waals surface area contributed by atoms with E-state index in [2.05, 4.69) is 10.4 Å². The summed E-state index contributed by atoms with van der Waals surface area (Å²) in [6, 6.07) is 13.3. The third-order valence-electron chi connectivity index (χ3n) is 5.47. The maximum absolute atomic E-state index is 13.1. The monoisotopic (exact) mass is 486 g/mol. The Kier molecular flexibility index (Phi) is 7.35. The van der Waals surface area contributed by atoms with Crippen LogP contribution in [0.25, 0.3) is 0 Å². The molecule has 1 N–H and O–H groups in total. The number of nitrogens with zero attached hydrogens (tertiary/aromatic N) is 3. The SMILES string of the molecule is Cc1nn(Cc2ccc(F)cc2)c(Cl)c1C(=O)Nc1ccc(CC(=O)N2CCSCC2)cc1. The standard InChI is InChI=1S/C24H24ClFN4O2S/c1-16-22(23(25)30(28-16)15-18-2-6-19(26)7-3-18)24(32)27-20-8-4-17(5-9-20)14-21(31)29-10-12-33-13-11-29/h2-9H,10-15H2,1H3,(H,27,32). The summed E-state index contributed by atoms with van der Waals surface area (Å²) in [5.41, 5.74) is 3.12. The summed E-state index contributed by atoms with van der Waals surface area (Å²) in [5.74, 6) is 1.42. The van der Waals surface area contributed by atoms with Crippen molar-refractivity contribution < 1.29 is 14.0 Å². The molecule has 0 aliphatic carbocycles. The van der Waals surface area contributed by atoms with Gasteiger partial charge in [0.2, 0.25) is 5.91 Å². The van der Waals surface area contributed by atoms with Crippen molar-refractivity contribution in [2.75, 3.05) is 29.9 Å². The second-order valence-corrected chi connectivity index (χ2v) is 9.44. The van der Waals surface area contributed by atoms with Gasteiger partial charge < -0.3 is 10.2 Å². The number of thioether (sulfide) groups is 1. The minimum Gasteiger partial charge on any atom is -0.341 e. The number of hydrogen-bond donors (Lipinski definition) is 1. The lowest BCUT2D eigenvalue weighted by atomic mass is 10.1. The number of halogens is 2. The van der Waals surface area contributed by atoms with Crippen molar-refractivity contribution >= 4 is 40.9 Å². The molecule has 1 aromatic heterocycles. The zero-order chi connectivity index (χ0) is 23.4. The fourth-order valence-corrected chi connectivity index (χ4v) is 4.90. The summed E-state index contributed by atoms with van der Waals surface area (Å²) >= 11 is 8.32. The molecule has 1 aliphatic heterocycles. The van der Waals surface area contributed by atoms with E-state index in [1.807, 2.05) is 28.8 Å². The van der Waals surface area contributed by atoms with Crippen LogP contribution in [0.5, 0.6) is 0 Å². The average Bonchev–Trinajstić information content (AvgIpc) is 3.10. The Hall–Kier alpha value is -2.84. The van der Waals surface area contributed by atoms with Crippen LogP contribution in [0.1, 0.15) is 27.2 Å². The number of aryl methyl sites for hydroxylation is 1. The molecule has 0 bridgehead atoms. The van der Waals surface area contributed by atoms with Gasteiger partial charge in [0.25, 0.3) is 5.91 Å². The molecule has 4 rings (SSSR count). The summed E-state index contributed by atoms with van der Waals surface area (Å²) in [6.45, 7) is 3.64. The summed E-state index contributed by atoms with van der Waals surface area (Å²) in [6.07, 6.45) is 0.347. The topological polar surface area (TPSA) is 67.2 Å². The predicted octanol–water partition coefficient (Wildman–Crippen LogP) is 4.40. The molecule has 1 fully saturated rings. The highest BCUT2D eigenvalue weighted by Crippen LogP contribution is 2.23. The van der Waals surface area contributed by atoms with Crippen molar-refractivity contribution in [3.63, 3.8) is 0 Å². The molecule has 0 radical (unpaired) electrons. The largest absolute Gasteiger partial charge is 0.341 e. The normalized spacial score (nSPS) is 13.7. The van der Waals surface area contributed by atoms with Crippen molar-refractivity contribution in [1.82, 2.24) is 14.7 Å². The van der Waals surface area contributed by atoms with Crippen LogP contribution < -0.4 is 5.32 Å². The quantitative estimate of drug-likeness (QED) is 0.560. The van der Waals surface area contributed by atoms with Gasteiger partial charge in [-0.25, -0.2) is 9.07 Å². The van der Waals surface area contributed by atoms with Crippen LogP contribution in [0, 0.1) is 12.7 Å². The van der Waals surface area contributed by atoms with Gasteiger partial charge >= 0.3 is 0 Å². The number of amides is 2. The lowest BCUT2D eigenvalue weighted by Gasteiger charge is -2.26. The van der Waals surface area contributed by atoms with E-state index in [0.717, 1.165) is 35.7 Å². The number of benzene rings is 2. The lowest BCUT2D eigenvalue weighted by Crippen LogP contribution is -2.38. The van der Waals surface area contributed by atoms with E-state index >= 15 is 0 Å².